The molecule has 1 aromatic carbocycles. The number of nitrogens with zero attached hydrogens (tertiary/aromatic N) is 1. The van der Waals surface area contributed by atoms with Crippen molar-refractivity contribution in [1.29, 1.82) is 0 Å². The molecule has 8 heteroatoms. The fourth-order valence-electron chi connectivity index (χ4n) is 1.66. The lowest BCUT2D eigenvalue weighted by Gasteiger charge is -2.22. The van der Waals surface area contributed by atoms with Gasteiger partial charge in [0.05, 0.1) is 33.5 Å². The van der Waals surface area contributed by atoms with E-state index in [1.165, 1.54) is 7.11 Å². The summed E-state index contributed by atoms with van der Waals surface area (Å²) in [5.74, 6) is 0.222. The number of rotatable bonds is 5. The number of halogens is 3. The van der Waals surface area contributed by atoms with Crippen LogP contribution in [0.3, 0.4) is 0 Å². The van der Waals surface area contributed by atoms with Crippen LogP contribution in [0.5, 0.6) is 5.75 Å². The van der Waals surface area contributed by atoms with Gasteiger partial charge in [0, 0.05) is 17.0 Å². The number of esters is 1. The molecule has 0 spiro atoms. The highest BCUT2D eigenvalue weighted by atomic mass is 127. The highest BCUT2D eigenvalue weighted by Gasteiger charge is 2.22. The maximum Gasteiger partial charge on any atom is 0.306 e. The van der Waals surface area contributed by atoms with Crippen LogP contribution in [0.1, 0.15) is 12.8 Å². The molecule has 0 atom stereocenters. The smallest absolute Gasteiger partial charge is 0.306 e. The third kappa shape index (κ3) is 4.81. The largest absolute Gasteiger partial charge is 0.494 e. The molecule has 0 aliphatic rings. The molecule has 0 aliphatic heterocycles. The molecule has 0 aromatic heterocycles. The second-order valence-electron chi connectivity index (χ2n) is 4.06. The standard InChI is InChI=1S/C13H14I3NO4/c1-17(9(18)4-5-10(19)20-2)12-7(14)6-8(15)13(21-3)11(12)16/h6H,4-5H2,1-3H3. The first-order valence-electron chi connectivity index (χ1n) is 5.88. The fourth-order valence-corrected chi connectivity index (χ4v) is 6.20. The molecule has 5 nitrogen and oxygen atoms in total. The van der Waals surface area contributed by atoms with E-state index in [2.05, 4.69) is 72.5 Å². The Balaban J connectivity index is 3.04. The first-order valence-corrected chi connectivity index (χ1v) is 9.12. The number of anilines is 1. The van der Waals surface area contributed by atoms with Crippen LogP contribution in [0.15, 0.2) is 6.07 Å². The van der Waals surface area contributed by atoms with Crippen molar-refractivity contribution in [3.63, 3.8) is 0 Å². The van der Waals surface area contributed by atoms with Gasteiger partial charge in [-0.2, -0.15) is 0 Å². The second kappa shape index (κ2) is 8.70. The Labute approximate surface area is 164 Å². The van der Waals surface area contributed by atoms with Crippen LogP contribution in [-0.4, -0.2) is 33.1 Å². The predicted octanol–water partition coefficient (Wildman–Crippen LogP) is 3.43. The number of hydrogen-bond acceptors (Lipinski definition) is 4. The molecule has 21 heavy (non-hydrogen) atoms. The number of carbonyl (C=O) groups is 2. The van der Waals surface area contributed by atoms with Crippen LogP contribution in [0.4, 0.5) is 5.69 Å². The second-order valence-corrected chi connectivity index (χ2v) is 7.47. The third-order valence-corrected chi connectivity index (χ3v) is 5.41. The Bertz CT molecular complexity index is 563. The molecule has 0 unspecified atom stereocenters. The lowest BCUT2D eigenvalue weighted by molar-refractivity contribution is -0.141. The molecule has 1 aromatic rings. The van der Waals surface area contributed by atoms with Crippen molar-refractivity contribution in [3.05, 3.63) is 16.8 Å². The Hall–Kier alpha value is 0.150. The first kappa shape index (κ1) is 19.2. The van der Waals surface area contributed by atoms with Gasteiger partial charge in [0.15, 0.2) is 0 Å². The molecule has 0 bridgehead atoms. The van der Waals surface area contributed by atoms with Crippen molar-refractivity contribution in [3.8, 4) is 5.75 Å². The summed E-state index contributed by atoms with van der Waals surface area (Å²) in [6, 6.07) is 1.96. The molecule has 0 saturated carbocycles. The minimum Gasteiger partial charge on any atom is -0.494 e. The lowest BCUT2D eigenvalue weighted by atomic mass is 10.2. The Morgan fingerprint density at radius 3 is 2.29 bits per heavy atom. The number of hydrogen-bond donors (Lipinski definition) is 0. The third-order valence-electron chi connectivity index (χ3n) is 2.79. The van der Waals surface area contributed by atoms with Gasteiger partial charge >= 0.3 is 5.97 Å². The summed E-state index contributed by atoms with van der Waals surface area (Å²) < 4.78 is 12.8. The van der Waals surface area contributed by atoms with Gasteiger partial charge in [0.2, 0.25) is 5.91 Å². The molecule has 0 N–H and O–H groups in total. The monoisotopic (exact) mass is 629 g/mol. The van der Waals surface area contributed by atoms with Gasteiger partial charge in [-0.3, -0.25) is 9.59 Å². The first-order chi connectivity index (χ1) is 9.83. The molecule has 0 aliphatic carbocycles. The van der Waals surface area contributed by atoms with E-state index >= 15 is 0 Å². The molecule has 0 fully saturated rings. The summed E-state index contributed by atoms with van der Waals surface area (Å²) in [6.45, 7) is 0. The van der Waals surface area contributed by atoms with Gasteiger partial charge in [-0.05, 0) is 73.8 Å². The molecule has 0 saturated heterocycles. The highest BCUT2D eigenvalue weighted by Crippen LogP contribution is 2.38. The molecule has 1 rings (SSSR count). The van der Waals surface area contributed by atoms with Crippen molar-refractivity contribution in [2.45, 2.75) is 12.8 Å². The number of ether oxygens (including phenoxy) is 2. The maximum atomic E-state index is 12.2. The summed E-state index contributed by atoms with van der Waals surface area (Å²) in [5, 5.41) is 0. The van der Waals surface area contributed by atoms with E-state index in [0.29, 0.717) is 0 Å². The minimum atomic E-state index is -0.388. The van der Waals surface area contributed by atoms with E-state index in [-0.39, 0.29) is 24.7 Å². The van der Waals surface area contributed by atoms with Crippen LogP contribution in [0.25, 0.3) is 0 Å². The van der Waals surface area contributed by atoms with Crippen molar-refractivity contribution >= 4 is 85.3 Å². The van der Waals surface area contributed by atoms with Gasteiger partial charge in [-0.1, -0.05) is 0 Å². The number of methoxy groups -OCH3 is 2. The average Bonchev–Trinajstić information content (AvgIpc) is 2.43. The fraction of sp³-hybridized carbons (Fsp3) is 0.385. The van der Waals surface area contributed by atoms with E-state index in [4.69, 9.17) is 4.74 Å². The zero-order chi connectivity index (χ0) is 16.2. The van der Waals surface area contributed by atoms with Crippen LogP contribution in [0, 0.1) is 10.7 Å². The minimum absolute atomic E-state index is 0.0777. The summed E-state index contributed by atoms with van der Waals surface area (Å²) in [4.78, 5) is 24.9. The number of amides is 1. The zero-order valence-corrected chi connectivity index (χ0v) is 18.2. The SMILES string of the molecule is COC(=O)CCC(=O)N(C)c1c(I)cc(I)c(OC)c1I. The average molecular weight is 629 g/mol. The lowest BCUT2D eigenvalue weighted by Crippen LogP contribution is -2.28. The van der Waals surface area contributed by atoms with E-state index < -0.39 is 0 Å². The van der Waals surface area contributed by atoms with Crippen molar-refractivity contribution in [2.75, 3.05) is 26.2 Å². The van der Waals surface area contributed by atoms with Crippen molar-refractivity contribution in [1.82, 2.24) is 0 Å². The van der Waals surface area contributed by atoms with E-state index in [1.54, 1.807) is 19.1 Å². The Morgan fingerprint density at radius 2 is 1.76 bits per heavy atom. The highest BCUT2D eigenvalue weighted by molar-refractivity contribution is 14.1. The Morgan fingerprint density at radius 1 is 1.14 bits per heavy atom. The molecule has 0 heterocycles. The van der Waals surface area contributed by atoms with Gasteiger partial charge < -0.3 is 14.4 Å². The van der Waals surface area contributed by atoms with Gasteiger partial charge in [-0.25, -0.2) is 0 Å². The summed E-state index contributed by atoms with van der Waals surface area (Å²) in [7, 11) is 4.62. The van der Waals surface area contributed by atoms with Crippen LogP contribution in [-0.2, 0) is 14.3 Å². The predicted molar refractivity (Wildman–Crippen MR) is 106 cm³/mol. The van der Waals surface area contributed by atoms with Crippen LogP contribution >= 0.6 is 67.8 Å². The molecule has 116 valence electrons. The molecular weight excluding hydrogens is 615 g/mol. The van der Waals surface area contributed by atoms with Crippen molar-refractivity contribution in [2.24, 2.45) is 0 Å². The summed E-state index contributed by atoms with van der Waals surface area (Å²) >= 11 is 6.56. The van der Waals surface area contributed by atoms with Gasteiger partial charge in [0.25, 0.3) is 0 Å². The maximum absolute atomic E-state index is 12.2. The van der Waals surface area contributed by atoms with Gasteiger partial charge in [0.1, 0.15) is 5.75 Å². The Kier molecular flexibility index (Phi) is 7.95. The zero-order valence-electron chi connectivity index (χ0n) is 11.7. The quantitative estimate of drug-likeness (QED) is 0.371. The summed E-state index contributed by atoms with van der Waals surface area (Å²) in [6.07, 6.45) is 0.192. The number of carbonyl (C=O) groups excluding carboxylic acids is 2. The van der Waals surface area contributed by atoms with E-state index in [1.807, 2.05) is 6.07 Å². The van der Waals surface area contributed by atoms with Crippen LogP contribution < -0.4 is 9.64 Å². The molecule has 1 amide bonds. The van der Waals surface area contributed by atoms with E-state index in [0.717, 1.165) is 22.1 Å². The summed E-state index contributed by atoms with van der Waals surface area (Å²) in [5.41, 5.74) is 0.795. The van der Waals surface area contributed by atoms with Gasteiger partial charge in [-0.15, -0.1) is 0 Å². The topological polar surface area (TPSA) is 55.8 Å². The molecule has 0 radical (unpaired) electrons. The normalized spacial score (nSPS) is 10.2. The van der Waals surface area contributed by atoms with Crippen LogP contribution in [0.2, 0.25) is 0 Å². The van der Waals surface area contributed by atoms with Crippen molar-refractivity contribution < 1.29 is 19.1 Å². The molecular formula is C13H14I3NO4. The number of benzene rings is 1. The van der Waals surface area contributed by atoms with E-state index in [9.17, 15) is 9.59 Å².